The molecule has 142 valence electrons. The van der Waals surface area contributed by atoms with Crippen molar-refractivity contribution in [3.63, 3.8) is 0 Å². The summed E-state index contributed by atoms with van der Waals surface area (Å²) < 4.78 is 10.7. The fourth-order valence-electron chi connectivity index (χ4n) is 2.73. The highest BCUT2D eigenvalue weighted by molar-refractivity contribution is 5.99. The highest BCUT2D eigenvalue weighted by Gasteiger charge is 2.35. The minimum atomic E-state index is -0.865. The van der Waals surface area contributed by atoms with Crippen molar-refractivity contribution in [1.82, 2.24) is 10.2 Å². The molecular formula is C19H26N2O5. The number of rotatable bonds is 7. The zero-order chi connectivity index (χ0) is 19.1. The Morgan fingerprint density at radius 3 is 2.81 bits per heavy atom. The van der Waals surface area contributed by atoms with Gasteiger partial charge < -0.3 is 19.7 Å². The van der Waals surface area contributed by atoms with Gasteiger partial charge in [0.05, 0.1) is 19.1 Å². The molecule has 1 heterocycles. The second-order valence-electron chi connectivity index (χ2n) is 6.42. The number of ether oxygens (including phenoxy) is 2. The summed E-state index contributed by atoms with van der Waals surface area (Å²) in [6, 6.07) is 5.98. The number of benzene rings is 1. The van der Waals surface area contributed by atoms with E-state index in [1.54, 1.807) is 24.3 Å². The Hall–Kier alpha value is -2.57. The van der Waals surface area contributed by atoms with Crippen LogP contribution in [-0.4, -0.2) is 54.5 Å². The average Bonchev–Trinajstić information content (AvgIpc) is 2.60. The Balaban J connectivity index is 2.16. The van der Waals surface area contributed by atoms with Gasteiger partial charge in [-0.15, -0.1) is 0 Å². The molecular weight excluding hydrogens is 336 g/mol. The van der Waals surface area contributed by atoms with Crippen molar-refractivity contribution in [1.29, 1.82) is 0 Å². The number of hydrogen-bond donors (Lipinski definition) is 1. The van der Waals surface area contributed by atoms with Crippen molar-refractivity contribution in [3.05, 3.63) is 29.8 Å². The Kier molecular flexibility index (Phi) is 7.00. The molecule has 1 aromatic rings. The monoisotopic (exact) mass is 362 g/mol. The van der Waals surface area contributed by atoms with Crippen LogP contribution in [0.1, 0.15) is 44.0 Å². The summed E-state index contributed by atoms with van der Waals surface area (Å²) in [4.78, 5) is 38.5. The van der Waals surface area contributed by atoms with Crippen molar-refractivity contribution in [2.24, 2.45) is 0 Å². The summed E-state index contributed by atoms with van der Waals surface area (Å²) >= 11 is 0. The maximum atomic E-state index is 12.9. The lowest BCUT2D eigenvalue weighted by Gasteiger charge is -2.34. The summed E-state index contributed by atoms with van der Waals surface area (Å²) in [6.45, 7) is 6.69. The van der Waals surface area contributed by atoms with Crippen LogP contribution in [0.25, 0.3) is 0 Å². The van der Waals surface area contributed by atoms with Gasteiger partial charge in [0.2, 0.25) is 5.91 Å². The molecule has 1 saturated heterocycles. The molecule has 0 saturated carbocycles. The Morgan fingerprint density at radius 1 is 1.35 bits per heavy atom. The van der Waals surface area contributed by atoms with Gasteiger partial charge in [0.15, 0.2) is 0 Å². The molecule has 1 aliphatic rings. The first-order valence-electron chi connectivity index (χ1n) is 8.93. The van der Waals surface area contributed by atoms with E-state index in [-0.39, 0.29) is 24.3 Å². The lowest BCUT2D eigenvalue weighted by atomic mass is 10.1. The highest BCUT2D eigenvalue weighted by atomic mass is 16.5. The van der Waals surface area contributed by atoms with Gasteiger partial charge in [-0.25, -0.2) is 0 Å². The van der Waals surface area contributed by atoms with Crippen LogP contribution in [0.4, 0.5) is 0 Å². The molecule has 0 spiro atoms. The zero-order valence-electron chi connectivity index (χ0n) is 15.5. The molecule has 0 aromatic heterocycles. The number of nitrogens with one attached hydrogen (secondary N) is 1. The van der Waals surface area contributed by atoms with Crippen LogP contribution < -0.4 is 10.1 Å². The number of nitrogens with zero attached hydrogens (tertiary/aromatic N) is 1. The molecule has 7 nitrogen and oxygen atoms in total. The predicted octanol–water partition coefficient (Wildman–Crippen LogP) is 1.76. The van der Waals surface area contributed by atoms with Gasteiger partial charge in [-0.2, -0.15) is 0 Å². The second-order valence-corrected chi connectivity index (χ2v) is 6.42. The van der Waals surface area contributed by atoms with E-state index in [1.807, 2.05) is 20.8 Å². The summed E-state index contributed by atoms with van der Waals surface area (Å²) in [5.74, 6) is -0.537. The molecule has 1 atom stereocenters. The maximum Gasteiger partial charge on any atom is 0.308 e. The quantitative estimate of drug-likeness (QED) is 0.747. The molecule has 7 heteroatoms. The number of esters is 1. The molecule has 1 aromatic carbocycles. The van der Waals surface area contributed by atoms with Crippen LogP contribution in [0.3, 0.4) is 0 Å². The molecule has 0 bridgehead atoms. The third-order valence-corrected chi connectivity index (χ3v) is 3.87. The molecule has 0 aliphatic carbocycles. The Labute approximate surface area is 153 Å². The van der Waals surface area contributed by atoms with Gasteiger partial charge in [-0.05, 0) is 38.5 Å². The van der Waals surface area contributed by atoms with E-state index in [0.29, 0.717) is 37.4 Å². The topological polar surface area (TPSA) is 84.9 Å². The smallest absolute Gasteiger partial charge is 0.308 e. The Bertz CT molecular complexity index is 659. The lowest BCUT2D eigenvalue weighted by molar-refractivity contribution is -0.147. The van der Waals surface area contributed by atoms with Crippen molar-refractivity contribution < 1.29 is 23.9 Å². The molecule has 1 fully saturated rings. The third-order valence-electron chi connectivity index (χ3n) is 3.87. The van der Waals surface area contributed by atoms with Gasteiger partial charge in [0.1, 0.15) is 11.8 Å². The van der Waals surface area contributed by atoms with Crippen LogP contribution >= 0.6 is 0 Å². The third kappa shape index (κ3) is 5.21. The van der Waals surface area contributed by atoms with E-state index < -0.39 is 12.0 Å². The normalized spacial score (nSPS) is 17.0. The van der Waals surface area contributed by atoms with E-state index in [4.69, 9.17) is 9.47 Å². The van der Waals surface area contributed by atoms with Crippen molar-refractivity contribution >= 4 is 17.8 Å². The molecule has 2 rings (SSSR count). The maximum absolute atomic E-state index is 12.9. The minimum Gasteiger partial charge on any atom is -0.491 e. The second kappa shape index (κ2) is 9.22. The number of piperazine rings is 1. The standard InChI is InChI=1S/C19H26N2O5/c1-4-10-25-17(22)12-16-18(23)20-8-9-21(16)19(24)14-6-5-7-15(11-14)26-13(2)3/h5-7,11,13,16H,4,8-10,12H2,1-3H3,(H,20,23). The molecule has 0 radical (unpaired) electrons. The number of carbonyl (C=O) groups excluding carboxylic acids is 3. The van der Waals surface area contributed by atoms with Crippen LogP contribution in [0.5, 0.6) is 5.75 Å². The van der Waals surface area contributed by atoms with Gasteiger partial charge in [0, 0.05) is 18.7 Å². The minimum absolute atomic E-state index is 0.0119. The molecule has 1 unspecified atom stereocenters. The molecule has 26 heavy (non-hydrogen) atoms. The fraction of sp³-hybridized carbons (Fsp3) is 0.526. The van der Waals surface area contributed by atoms with Crippen LogP contribution in [0.2, 0.25) is 0 Å². The van der Waals surface area contributed by atoms with Gasteiger partial charge >= 0.3 is 5.97 Å². The summed E-state index contributed by atoms with van der Waals surface area (Å²) in [5, 5.41) is 2.70. The van der Waals surface area contributed by atoms with Gasteiger partial charge in [-0.1, -0.05) is 13.0 Å². The molecule has 2 amide bonds. The van der Waals surface area contributed by atoms with E-state index in [9.17, 15) is 14.4 Å². The first-order valence-corrected chi connectivity index (χ1v) is 8.93. The van der Waals surface area contributed by atoms with Crippen molar-refractivity contribution in [2.75, 3.05) is 19.7 Å². The van der Waals surface area contributed by atoms with Gasteiger partial charge in [0.25, 0.3) is 5.91 Å². The number of amides is 2. The Morgan fingerprint density at radius 2 is 2.12 bits per heavy atom. The van der Waals surface area contributed by atoms with E-state index >= 15 is 0 Å². The summed E-state index contributed by atoms with van der Waals surface area (Å²) in [7, 11) is 0. The van der Waals surface area contributed by atoms with Crippen molar-refractivity contribution in [2.45, 2.75) is 45.8 Å². The summed E-state index contributed by atoms with van der Waals surface area (Å²) in [6.07, 6.45) is 0.537. The lowest BCUT2D eigenvalue weighted by Crippen LogP contribution is -2.57. The van der Waals surface area contributed by atoms with E-state index in [1.165, 1.54) is 4.90 Å². The average molecular weight is 362 g/mol. The van der Waals surface area contributed by atoms with E-state index in [0.717, 1.165) is 0 Å². The highest BCUT2D eigenvalue weighted by Crippen LogP contribution is 2.19. The molecule has 1 aliphatic heterocycles. The number of hydrogen-bond acceptors (Lipinski definition) is 5. The first kappa shape index (κ1) is 19.8. The van der Waals surface area contributed by atoms with Crippen LogP contribution in [0, 0.1) is 0 Å². The molecule has 1 N–H and O–H groups in total. The SMILES string of the molecule is CCCOC(=O)CC1C(=O)NCCN1C(=O)c1cccc(OC(C)C)c1. The fourth-order valence-corrected chi connectivity index (χ4v) is 2.73. The summed E-state index contributed by atoms with van der Waals surface area (Å²) in [5.41, 5.74) is 0.421. The van der Waals surface area contributed by atoms with Crippen molar-refractivity contribution in [3.8, 4) is 5.75 Å². The van der Waals surface area contributed by atoms with Crippen LogP contribution in [0.15, 0.2) is 24.3 Å². The number of carbonyl (C=O) groups is 3. The zero-order valence-corrected chi connectivity index (χ0v) is 15.5. The van der Waals surface area contributed by atoms with E-state index in [2.05, 4.69) is 5.32 Å². The first-order chi connectivity index (χ1) is 12.4. The van der Waals surface area contributed by atoms with Gasteiger partial charge in [-0.3, -0.25) is 14.4 Å². The van der Waals surface area contributed by atoms with Crippen LogP contribution in [-0.2, 0) is 14.3 Å². The predicted molar refractivity (Wildman–Crippen MR) is 95.9 cm³/mol. The largest absolute Gasteiger partial charge is 0.491 e.